The van der Waals surface area contributed by atoms with Crippen LogP contribution in [0.25, 0.3) is 10.8 Å². The van der Waals surface area contributed by atoms with Crippen LogP contribution in [0.4, 0.5) is 19.0 Å². The van der Waals surface area contributed by atoms with E-state index in [1.54, 1.807) is 44.7 Å². The van der Waals surface area contributed by atoms with Gasteiger partial charge in [-0.2, -0.15) is 13.2 Å². The molecule has 1 amide bonds. The number of likely N-dealkylation sites (N-methyl/N-ethyl adjacent to an activating group) is 1. The number of nitrogens with zero attached hydrogens (tertiary/aromatic N) is 2. The van der Waals surface area contributed by atoms with E-state index in [0.717, 1.165) is 23.3 Å². The molecule has 254 valence electrons. The Morgan fingerprint density at radius 2 is 1.79 bits per heavy atom. The molecule has 0 radical (unpaired) electrons. The van der Waals surface area contributed by atoms with Crippen LogP contribution in [0.15, 0.2) is 77.8 Å². The number of aromatic nitrogens is 1. The lowest BCUT2D eigenvalue weighted by molar-refractivity contribution is -0.244. The van der Waals surface area contributed by atoms with E-state index in [9.17, 15) is 22.8 Å². The first kappa shape index (κ1) is 34.7. The van der Waals surface area contributed by atoms with Crippen molar-refractivity contribution in [1.29, 1.82) is 0 Å². The summed E-state index contributed by atoms with van der Waals surface area (Å²) in [4.78, 5) is 33.6. The Labute approximate surface area is 280 Å². The fourth-order valence-corrected chi connectivity index (χ4v) is 6.14. The van der Waals surface area contributed by atoms with Crippen molar-refractivity contribution >= 4 is 40.2 Å². The maximum atomic E-state index is 14.7. The predicted octanol–water partition coefficient (Wildman–Crippen LogP) is 7.25. The number of carbonyl (C=O) groups is 2. The third-order valence-corrected chi connectivity index (χ3v) is 8.77. The molecule has 0 bridgehead atoms. The maximum Gasteiger partial charge on any atom is 0.491 e. The average Bonchev–Trinajstić information content (AvgIpc) is 3.85. The Bertz CT molecular complexity index is 1800. The molecule has 1 saturated carbocycles. The second kappa shape index (κ2) is 14.2. The molecule has 0 spiro atoms. The van der Waals surface area contributed by atoms with Crippen LogP contribution in [0.3, 0.4) is 0 Å². The molecule has 1 atom stereocenters. The molecule has 4 aromatic rings. The Morgan fingerprint density at radius 3 is 2.48 bits per heavy atom. The summed E-state index contributed by atoms with van der Waals surface area (Å²) >= 11 is 1.68. The van der Waals surface area contributed by atoms with Gasteiger partial charge in [0.1, 0.15) is 11.6 Å². The first-order valence-electron chi connectivity index (χ1n) is 15.4. The maximum absolute atomic E-state index is 14.7. The summed E-state index contributed by atoms with van der Waals surface area (Å²) in [6, 6.07) is 17.6. The predicted molar refractivity (Wildman–Crippen MR) is 176 cm³/mol. The van der Waals surface area contributed by atoms with E-state index in [0.29, 0.717) is 16.0 Å². The van der Waals surface area contributed by atoms with Crippen molar-refractivity contribution in [2.45, 2.75) is 68.4 Å². The number of benzene rings is 3. The van der Waals surface area contributed by atoms with E-state index >= 15 is 0 Å². The molecule has 1 aliphatic carbocycles. The summed E-state index contributed by atoms with van der Waals surface area (Å²) in [6.07, 6.45) is -2.14. The topological polar surface area (TPSA) is 113 Å². The van der Waals surface area contributed by atoms with Crippen LogP contribution in [0.2, 0.25) is 0 Å². The largest absolute Gasteiger partial charge is 0.491 e. The van der Waals surface area contributed by atoms with Crippen LogP contribution in [-0.2, 0) is 26.7 Å². The minimum atomic E-state index is -5.46. The van der Waals surface area contributed by atoms with Crippen molar-refractivity contribution in [2.24, 2.45) is 0 Å². The van der Waals surface area contributed by atoms with Crippen molar-refractivity contribution in [3.63, 3.8) is 0 Å². The number of nitrogens with two attached hydrogens (primary N) is 1. The van der Waals surface area contributed by atoms with Gasteiger partial charge < -0.3 is 29.6 Å². The van der Waals surface area contributed by atoms with Crippen LogP contribution >= 0.6 is 11.8 Å². The number of ether oxygens (including phenoxy) is 4. The standard InChI is InChI=1S/C35H36F3N3O6S/c1-5-44-29-19-24(10-15-28(29)45-21(2)3)34(47-33(43)35(36,37)38,46-25-11-14-27-22(18-25)16-17-40-31(27)39)32(42)41(4)20-23-8-6-7-9-30(23)48-26-12-13-26/h6-11,14-19,21,26H,5,12-13,20H2,1-4H3,(H2,39,40). The number of carbonyl (C=O) groups excluding carboxylic acids is 2. The van der Waals surface area contributed by atoms with Crippen molar-refractivity contribution < 1.29 is 41.7 Å². The summed E-state index contributed by atoms with van der Waals surface area (Å²) in [5, 5.41) is 1.53. The van der Waals surface area contributed by atoms with Crippen molar-refractivity contribution in [2.75, 3.05) is 19.4 Å². The van der Waals surface area contributed by atoms with Gasteiger partial charge in [-0.05, 0) is 93.1 Å². The van der Waals surface area contributed by atoms with Crippen molar-refractivity contribution in [3.8, 4) is 17.2 Å². The number of rotatable bonds is 13. The summed E-state index contributed by atoms with van der Waals surface area (Å²) < 4.78 is 64.9. The number of hydrogen-bond acceptors (Lipinski definition) is 9. The van der Waals surface area contributed by atoms with E-state index in [2.05, 4.69) is 4.98 Å². The van der Waals surface area contributed by atoms with E-state index in [-0.39, 0.29) is 47.9 Å². The molecule has 1 fully saturated rings. The monoisotopic (exact) mass is 683 g/mol. The molecule has 48 heavy (non-hydrogen) atoms. The molecule has 9 nitrogen and oxygen atoms in total. The van der Waals surface area contributed by atoms with Gasteiger partial charge in [-0.1, -0.05) is 18.2 Å². The number of anilines is 1. The van der Waals surface area contributed by atoms with E-state index in [1.807, 2.05) is 24.3 Å². The molecule has 0 aliphatic heterocycles. The lowest BCUT2D eigenvalue weighted by Gasteiger charge is -2.36. The van der Waals surface area contributed by atoms with Gasteiger partial charge in [-0.3, -0.25) is 4.79 Å². The second-order valence-electron chi connectivity index (χ2n) is 11.5. The first-order chi connectivity index (χ1) is 22.8. The van der Waals surface area contributed by atoms with Crippen LogP contribution < -0.4 is 19.9 Å². The van der Waals surface area contributed by atoms with E-state index in [4.69, 9.17) is 24.7 Å². The molecular weight excluding hydrogens is 647 g/mol. The summed E-state index contributed by atoms with van der Waals surface area (Å²) in [7, 11) is 1.41. The number of nitrogen functional groups attached to an aromatic ring is 1. The molecule has 1 unspecified atom stereocenters. The first-order valence-corrected chi connectivity index (χ1v) is 16.3. The van der Waals surface area contributed by atoms with Crippen LogP contribution in [0.5, 0.6) is 17.2 Å². The normalized spacial score (nSPS) is 14.3. The fraction of sp³-hybridized carbons (Fsp3) is 0.343. The third-order valence-electron chi connectivity index (χ3n) is 7.31. The number of fused-ring (bicyclic) bond motifs is 1. The van der Waals surface area contributed by atoms with Gasteiger partial charge in [0.25, 0.3) is 0 Å². The highest BCUT2D eigenvalue weighted by Crippen LogP contribution is 2.42. The van der Waals surface area contributed by atoms with Crippen molar-refractivity contribution in [3.05, 3.63) is 84.1 Å². The van der Waals surface area contributed by atoms with Crippen molar-refractivity contribution in [1.82, 2.24) is 9.88 Å². The number of thioether (sulfide) groups is 1. The van der Waals surface area contributed by atoms with Crippen LogP contribution in [-0.4, -0.2) is 52.9 Å². The number of hydrogen-bond donors (Lipinski definition) is 1. The van der Waals surface area contributed by atoms with Crippen LogP contribution in [0.1, 0.15) is 44.7 Å². The quantitative estimate of drug-likeness (QED) is 0.115. The molecule has 13 heteroatoms. The SMILES string of the molecule is CCOc1cc(C(OC(=O)C(F)(F)F)(Oc2ccc3c(N)nccc3c2)C(=O)N(C)Cc2ccccc2SC2CC2)ccc1OC(C)C. The molecular formula is C35H36F3N3O6S. The molecule has 1 aliphatic rings. The number of amides is 1. The highest BCUT2D eigenvalue weighted by molar-refractivity contribution is 8.00. The zero-order valence-electron chi connectivity index (χ0n) is 26.9. The van der Waals surface area contributed by atoms with Gasteiger partial charge in [0.15, 0.2) is 11.5 Å². The summed E-state index contributed by atoms with van der Waals surface area (Å²) in [6.45, 7) is 5.45. The number of pyridine rings is 1. The number of esters is 1. The Kier molecular flexibility index (Phi) is 10.3. The van der Waals surface area contributed by atoms with Gasteiger partial charge in [0, 0.05) is 35.3 Å². The summed E-state index contributed by atoms with van der Waals surface area (Å²) in [5.74, 6) is -6.13. The highest BCUT2D eigenvalue weighted by Gasteiger charge is 2.55. The lowest BCUT2D eigenvalue weighted by Crippen LogP contribution is -2.53. The zero-order valence-corrected chi connectivity index (χ0v) is 27.7. The van der Waals surface area contributed by atoms with Gasteiger partial charge >= 0.3 is 23.8 Å². The average molecular weight is 684 g/mol. The van der Waals surface area contributed by atoms with Gasteiger partial charge in [-0.15, -0.1) is 11.8 Å². The van der Waals surface area contributed by atoms with Gasteiger partial charge in [-0.25, -0.2) is 9.78 Å². The molecule has 2 N–H and O–H groups in total. The molecule has 5 rings (SSSR count). The lowest BCUT2D eigenvalue weighted by atomic mass is 10.0. The summed E-state index contributed by atoms with van der Waals surface area (Å²) in [5.41, 5.74) is 6.54. The third kappa shape index (κ3) is 7.89. The van der Waals surface area contributed by atoms with E-state index < -0.39 is 23.8 Å². The minimum absolute atomic E-state index is 0.0177. The smallest absolute Gasteiger partial charge is 0.490 e. The molecule has 3 aromatic carbocycles. The van der Waals surface area contributed by atoms with Crippen LogP contribution in [0, 0.1) is 0 Å². The Morgan fingerprint density at radius 1 is 1.04 bits per heavy atom. The highest BCUT2D eigenvalue weighted by atomic mass is 32.2. The van der Waals surface area contributed by atoms with E-state index in [1.165, 1.54) is 48.5 Å². The minimum Gasteiger partial charge on any atom is -0.490 e. The van der Waals surface area contributed by atoms with Gasteiger partial charge in [0.2, 0.25) is 0 Å². The molecule has 1 aromatic heterocycles. The second-order valence-corrected chi connectivity index (χ2v) is 12.9. The number of alkyl halides is 3. The molecule has 1 heterocycles. The fourth-order valence-electron chi connectivity index (χ4n) is 4.97. The zero-order chi connectivity index (χ0) is 34.6. The Balaban J connectivity index is 1.67. The molecule has 0 saturated heterocycles. The number of halogens is 3. The Hall–Kier alpha value is -4.65. The van der Waals surface area contributed by atoms with Gasteiger partial charge in [0.05, 0.1) is 18.3 Å².